The molecular formula is C19H23ClN2O2. The first kappa shape index (κ1) is 18.1. The molecule has 5 heteroatoms. The topological polar surface area (TPSA) is 41.6 Å². The normalized spacial score (nSPS) is 10.3. The molecule has 2 aromatic rings. The highest BCUT2D eigenvalue weighted by atomic mass is 35.5. The maximum Gasteiger partial charge on any atom is 0.255 e. The first-order valence-corrected chi connectivity index (χ1v) is 8.36. The number of amides is 1. The number of aryl methyl sites for hydroxylation is 1. The predicted molar refractivity (Wildman–Crippen MR) is 99.4 cm³/mol. The molecule has 0 saturated carbocycles. The monoisotopic (exact) mass is 346 g/mol. The van der Waals surface area contributed by atoms with Crippen LogP contribution in [0.2, 0.25) is 5.02 Å². The number of nitrogens with one attached hydrogen (secondary N) is 1. The summed E-state index contributed by atoms with van der Waals surface area (Å²) in [6.07, 6.45) is 0. The minimum absolute atomic E-state index is 0.186. The van der Waals surface area contributed by atoms with Crippen molar-refractivity contribution in [2.75, 3.05) is 31.6 Å². The third-order valence-corrected chi connectivity index (χ3v) is 4.09. The number of rotatable bonds is 7. The summed E-state index contributed by atoms with van der Waals surface area (Å²) >= 11 is 5.97. The van der Waals surface area contributed by atoms with Crippen LogP contribution in [0, 0.1) is 6.92 Å². The molecule has 0 fully saturated rings. The molecular weight excluding hydrogens is 324 g/mol. The summed E-state index contributed by atoms with van der Waals surface area (Å²) in [4.78, 5) is 14.6. The molecule has 4 nitrogen and oxygen atoms in total. The van der Waals surface area contributed by atoms with Crippen LogP contribution in [0.1, 0.15) is 22.8 Å². The smallest absolute Gasteiger partial charge is 0.255 e. The number of nitrogens with zero attached hydrogens (tertiary/aromatic N) is 1. The second kappa shape index (κ2) is 8.60. The van der Waals surface area contributed by atoms with Gasteiger partial charge in [-0.15, -0.1) is 0 Å². The van der Waals surface area contributed by atoms with E-state index in [0.717, 1.165) is 18.8 Å². The number of anilines is 1. The van der Waals surface area contributed by atoms with E-state index in [4.69, 9.17) is 16.3 Å². The zero-order chi connectivity index (χ0) is 17.5. The minimum atomic E-state index is -0.186. The highest BCUT2D eigenvalue weighted by Crippen LogP contribution is 2.22. The maximum atomic E-state index is 12.4. The molecule has 2 rings (SSSR count). The Morgan fingerprint density at radius 3 is 2.54 bits per heavy atom. The quantitative estimate of drug-likeness (QED) is 0.826. The summed E-state index contributed by atoms with van der Waals surface area (Å²) in [6, 6.07) is 13.4. The van der Waals surface area contributed by atoms with Gasteiger partial charge in [-0.05, 0) is 44.2 Å². The lowest BCUT2D eigenvalue weighted by Crippen LogP contribution is -2.35. The van der Waals surface area contributed by atoms with Crippen molar-refractivity contribution in [1.29, 1.82) is 0 Å². The van der Waals surface area contributed by atoms with E-state index in [1.807, 2.05) is 0 Å². The number of methoxy groups -OCH3 is 1. The van der Waals surface area contributed by atoms with Gasteiger partial charge in [-0.2, -0.15) is 0 Å². The Morgan fingerprint density at radius 1 is 1.21 bits per heavy atom. The summed E-state index contributed by atoms with van der Waals surface area (Å²) in [6.45, 7) is 6.31. The Kier molecular flexibility index (Phi) is 6.50. The van der Waals surface area contributed by atoms with E-state index in [-0.39, 0.29) is 5.91 Å². The third-order valence-electron chi connectivity index (χ3n) is 3.85. The van der Waals surface area contributed by atoms with E-state index >= 15 is 0 Å². The zero-order valence-corrected chi connectivity index (χ0v) is 15.1. The number of halogens is 1. The van der Waals surface area contributed by atoms with Gasteiger partial charge in [0.15, 0.2) is 0 Å². The molecule has 2 aromatic carbocycles. The van der Waals surface area contributed by atoms with Gasteiger partial charge in [0, 0.05) is 30.3 Å². The molecule has 0 saturated heterocycles. The number of carbonyl (C=O) groups excluding carboxylic acids is 1. The SMILES string of the molecule is CCN(CCNC(=O)c1cc(Cl)ccc1OC)c1ccc(C)cc1. The van der Waals surface area contributed by atoms with Crippen molar-refractivity contribution in [2.45, 2.75) is 13.8 Å². The number of likely N-dealkylation sites (N-methyl/N-ethyl adjacent to an activating group) is 1. The lowest BCUT2D eigenvalue weighted by atomic mass is 10.2. The van der Waals surface area contributed by atoms with E-state index in [1.165, 1.54) is 12.7 Å². The first-order chi connectivity index (χ1) is 11.5. The average molecular weight is 347 g/mol. The van der Waals surface area contributed by atoms with Gasteiger partial charge in [-0.3, -0.25) is 4.79 Å². The molecule has 0 unspecified atom stereocenters. The molecule has 0 spiro atoms. The second-order valence-electron chi connectivity index (χ2n) is 5.52. The summed E-state index contributed by atoms with van der Waals surface area (Å²) < 4.78 is 5.22. The molecule has 128 valence electrons. The number of benzene rings is 2. The summed E-state index contributed by atoms with van der Waals surface area (Å²) in [5, 5.41) is 3.44. The Balaban J connectivity index is 1.96. The van der Waals surface area contributed by atoms with Gasteiger partial charge in [0.05, 0.1) is 12.7 Å². The number of ether oxygens (including phenoxy) is 1. The standard InChI is InChI=1S/C19H23ClN2O2/c1-4-22(16-8-5-14(2)6-9-16)12-11-21-19(23)17-13-15(20)7-10-18(17)24-3/h5-10,13H,4,11-12H2,1-3H3,(H,21,23). The maximum absolute atomic E-state index is 12.4. The molecule has 0 aliphatic heterocycles. The minimum Gasteiger partial charge on any atom is -0.496 e. The molecule has 1 N–H and O–H groups in total. The van der Waals surface area contributed by atoms with Crippen LogP contribution in [-0.2, 0) is 0 Å². The van der Waals surface area contributed by atoms with Crippen LogP contribution in [0.4, 0.5) is 5.69 Å². The molecule has 0 aliphatic rings. The van der Waals surface area contributed by atoms with Crippen LogP contribution in [0.15, 0.2) is 42.5 Å². The van der Waals surface area contributed by atoms with Crippen molar-refractivity contribution >= 4 is 23.2 Å². The Morgan fingerprint density at radius 2 is 1.92 bits per heavy atom. The fourth-order valence-electron chi connectivity index (χ4n) is 2.48. The van der Waals surface area contributed by atoms with Gasteiger partial charge in [0.25, 0.3) is 5.91 Å². The molecule has 0 aliphatic carbocycles. The fraction of sp³-hybridized carbons (Fsp3) is 0.316. The van der Waals surface area contributed by atoms with Gasteiger partial charge in [0.2, 0.25) is 0 Å². The van der Waals surface area contributed by atoms with Crippen LogP contribution >= 0.6 is 11.6 Å². The van der Waals surface area contributed by atoms with Gasteiger partial charge in [-0.25, -0.2) is 0 Å². The van der Waals surface area contributed by atoms with Crippen LogP contribution in [0.5, 0.6) is 5.75 Å². The molecule has 0 radical (unpaired) electrons. The van der Waals surface area contributed by atoms with Crippen LogP contribution in [-0.4, -0.2) is 32.7 Å². The molecule has 0 atom stereocenters. The molecule has 0 heterocycles. The van der Waals surface area contributed by atoms with E-state index in [2.05, 4.69) is 48.3 Å². The van der Waals surface area contributed by atoms with Crippen LogP contribution in [0.25, 0.3) is 0 Å². The largest absolute Gasteiger partial charge is 0.496 e. The van der Waals surface area contributed by atoms with Crippen molar-refractivity contribution in [2.24, 2.45) is 0 Å². The summed E-state index contributed by atoms with van der Waals surface area (Å²) in [5.74, 6) is 0.331. The van der Waals surface area contributed by atoms with Gasteiger partial charge in [-0.1, -0.05) is 29.3 Å². The summed E-state index contributed by atoms with van der Waals surface area (Å²) in [7, 11) is 1.54. The summed E-state index contributed by atoms with van der Waals surface area (Å²) in [5.41, 5.74) is 2.83. The lowest BCUT2D eigenvalue weighted by Gasteiger charge is -2.23. The van der Waals surface area contributed by atoms with Crippen molar-refractivity contribution in [1.82, 2.24) is 5.32 Å². The van der Waals surface area contributed by atoms with Gasteiger partial charge in [0.1, 0.15) is 5.75 Å². The number of hydrogen-bond donors (Lipinski definition) is 1. The zero-order valence-electron chi connectivity index (χ0n) is 14.3. The number of hydrogen-bond acceptors (Lipinski definition) is 3. The van der Waals surface area contributed by atoms with E-state index in [9.17, 15) is 4.79 Å². The third kappa shape index (κ3) is 4.65. The van der Waals surface area contributed by atoms with Gasteiger partial charge >= 0.3 is 0 Å². The van der Waals surface area contributed by atoms with E-state index in [0.29, 0.717) is 22.9 Å². The molecule has 1 amide bonds. The van der Waals surface area contributed by atoms with Crippen molar-refractivity contribution < 1.29 is 9.53 Å². The second-order valence-corrected chi connectivity index (χ2v) is 5.95. The van der Waals surface area contributed by atoms with Crippen LogP contribution in [0.3, 0.4) is 0 Å². The number of carbonyl (C=O) groups is 1. The van der Waals surface area contributed by atoms with E-state index in [1.54, 1.807) is 18.2 Å². The first-order valence-electron chi connectivity index (χ1n) is 7.98. The fourth-order valence-corrected chi connectivity index (χ4v) is 2.65. The van der Waals surface area contributed by atoms with Crippen molar-refractivity contribution in [3.63, 3.8) is 0 Å². The van der Waals surface area contributed by atoms with Gasteiger partial charge < -0.3 is 15.0 Å². The highest BCUT2D eigenvalue weighted by molar-refractivity contribution is 6.31. The molecule has 24 heavy (non-hydrogen) atoms. The van der Waals surface area contributed by atoms with Crippen LogP contribution < -0.4 is 15.0 Å². The van der Waals surface area contributed by atoms with Crippen molar-refractivity contribution in [3.8, 4) is 5.75 Å². The molecule has 0 bridgehead atoms. The molecule has 0 aromatic heterocycles. The predicted octanol–water partition coefficient (Wildman–Crippen LogP) is 3.91. The van der Waals surface area contributed by atoms with E-state index < -0.39 is 0 Å². The Labute approximate surface area is 148 Å². The average Bonchev–Trinajstić information content (AvgIpc) is 2.59. The lowest BCUT2D eigenvalue weighted by molar-refractivity contribution is 0.0951. The highest BCUT2D eigenvalue weighted by Gasteiger charge is 2.13. The Bertz CT molecular complexity index is 686. The van der Waals surface area contributed by atoms with Crippen molar-refractivity contribution in [3.05, 3.63) is 58.6 Å². The Hall–Kier alpha value is -2.20.